The van der Waals surface area contributed by atoms with Gasteiger partial charge in [-0.1, -0.05) is 117 Å². The summed E-state index contributed by atoms with van der Waals surface area (Å²) in [5, 5.41) is 5.09. The van der Waals surface area contributed by atoms with Crippen LogP contribution < -0.4 is 5.19 Å². The number of rotatable bonds is 7. The van der Waals surface area contributed by atoms with E-state index in [2.05, 4.69) is 77.7 Å². The maximum absolute atomic E-state index is 14.5. The quantitative estimate of drug-likeness (QED) is 0.118. The Morgan fingerprint density at radius 3 is 2.25 bits per heavy atom. The average molecular weight is 998 g/mol. The van der Waals surface area contributed by atoms with Crippen LogP contribution in [0.5, 0.6) is 0 Å². The Balaban J connectivity index is 0.000000203. The van der Waals surface area contributed by atoms with Crippen molar-refractivity contribution in [3.63, 3.8) is 0 Å². The first-order chi connectivity index (χ1) is 29.8. The van der Waals surface area contributed by atoms with E-state index >= 15 is 0 Å². The molecule has 0 saturated carbocycles. The summed E-state index contributed by atoms with van der Waals surface area (Å²) in [5.41, 5.74) is 7.75. The molecule has 0 aliphatic carbocycles. The zero-order valence-electron chi connectivity index (χ0n) is 36.4. The van der Waals surface area contributed by atoms with Crippen molar-refractivity contribution in [3.05, 3.63) is 181 Å². The van der Waals surface area contributed by atoms with Crippen molar-refractivity contribution < 1.29 is 36.0 Å². The normalized spacial score (nSPS) is 12.3. The summed E-state index contributed by atoms with van der Waals surface area (Å²) >= 11 is 0. The van der Waals surface area contributed by atoms with Crippen LogP contribution in [0.1, 0.15) is 22.2 Å². The summed E-state index contributed by atoms with van der Waals surface area (Å²) in [6.45, 7) is 10.6. The van der Waals surface area contributed by atoms with Gasteiger partial charge in [0, 0.05) is 45.5 Å². The van der Waals surface area contributed by atoms with Crippen LogP contribution in [0, 0.1) is 29.7 Å². The number of nitrogens with zero attached hydrogens (tertiary/aromatic N) is 3. The Morgan fingerprint density at radius 1 is 0.738 bits per heavy atom. The Morgan fingerprint density at radius 2 is 1.48 bits per heavy atom. The van der Waals surface area contributed by atoms with Gasteiger partial charge in [0.2, 0.25) is 0 Å². The third kappa shape index (κ3) is 8.24. The number of imidazole rings is 1. The minimum absolute atomic E-state index is 0. The molecule has 0 atom stereocenters. The summed E-state index contributed by atoms with van der Waals surface area (Å²) in [6.07, 6.45) is 0.528. The molecule has 0 aliphatic heterocycles. The van der Waals surface area contributed by atoms with E-state index in [0.717, 1.165) is 71.7 Å². The molecule has 0 fully saturated rings. The number of furan rings is 1. The van der Waals surface area contributed by atoms with Gasteiger partial charge in [-0.05, 0) is 70.5 Å². The molecule has 61 heavy (non-hydrogen) atoms. The van der Waals surface area contributed by atoms with Crippen molar-refractivity contribution in [2.24, 2.45) is 5.92 Å². The SMILES string of the molecule is Fc1cccc(F)c1-c1ccc2c(c1)oc1c[c-]c(-c3nc4ccccc4n3-c3cccc4ccccc34)cc12.[2H]C([2H])(c1cc(-c2[c-]cccc2)ncc1[Si](C)(C)C)C(C)C.[Ir]. The Kier molecular flexibility index (Phi) is 11.0. The van der Waals surface area contributed by atoms with Crippen LogP contribution in [-0.2, 0) is 26.5 Å². The topological polar surface area (TPSA) is 43.9 Å². The van der Waals surface area contributed by atoms with Crippen molar-refractivity contribution in [2.45, 2.75) is 39.9 Å². The number of benzene rings is 7. The zero-order chi connectivity index (χ0) is 43.3. The second-order valence-corrected chi connectivity index (χ2v) is 21.3. The van der Waals surface area contributed by atoms with Gasteiger partial charge in [0.25, 0.3) is 0 Å². The summed E-state index contributed by atoms with van der Waals surface area (Å²) in [6, 6.07) is 51.8. The molecule has 10 rings (SSSR count). The average Bonchev–Trinajstić information content (AvgIpc) is 3.84. The monoisotopic (exact) mass is 998 g/mol. The van der Waals surface area contributed by atoms with Gasteiger partial charge in [0.1, 0.15) is 17.2 Å². The van der Waals surface area contributed by atoms with Gasteiger partial charge in [-0.2, -0.15) is 0 Å². The smallest absolute Gasteiger partial charge is 0.133 e. The van der Waals surface area contributed by atoms with Crippen molar-refractivity contribution in [1.82, 2.24) is 14.5 Å². The fourth-order valence-electron chi connectivity index (χ4n) is 7.82. The molecule has 0 aliphatic rings. The van der Waals surface area contributed by atoms with E-state index < -0.39 is 26.1 Å². The third-order valence-electron chi connectivity index (χ3n) is 10.6. The molecule has 3 heterocycles. The molecule has 0 N–H and O–H groups in total. The minimum Gasteiger partial charge on any atom is -0.500 e. The predicted octanol–water partition coefficient (Wildman–Crippen LogP) is 13.8. The number of hydrogen-bond acceptors (Lipinski definition) is 3. The largest absolute Gasteiger partial charge is 0.500 e. The maximum Gasteiger partial charge on any atom is 0.133 e. The fraction of sp³-hybridized carbons (Fsp3) is 0.132. The number of fused-ring (bicyclic) bond motifs is 5. The van der Waals surface area contributed by atoms with Crippen LogP contribution in [-0.4, -0.2) is 22.6 Å². The molecule has 1 radical (unpaired) electrons. The molecule has 0 amide bonds. The van der Waals surface area contributed by atoms with Gasteiger partial charge in [0.05, 0.1) is 36.1 Å². The first-order valence-electron chi connectivity index (χ1n) is 21.1. The van der Waals surface area contributed by atoms with E-state index in [1.54, 1.807) is 18.2 Å². The van der Waals surface area contributed by atoms with E-state index in [1.165, 1.54) is 18.2 Å². The van der Waals surface area contributed by atoms with Crippen LogP contribution in [0.4, 0.5) is 8.78 Å². The molecule has 0 unspecified atom stereocenters. The fourth-order valence-corrected chi connectivity index (χ4v) is 9.22. The van der Waals surface area contributed by atoms with Gasteiger partial charge in [-0.15, -0.1) is 59.7 Å². The van der Waals surface area contributed by atoms with Gasteiger partial charge in [-0.3, -0.25) is 4.98 Å². The van der Waals surface area contributed by atoms with Gasteiger partial charge in [-0.25, -0.2) is 8.78 Å². The third-order valence-corrected chi connectivity index (χ3v) is 12.6. The maximum atomic E-state index is 14.5. The molecule has 4 nitrogen and oxygen atoms in total. The first-order valence-corrected chi connectivity index (χ1v) is 23.6. The van der Waals surface area contributed by atoms with Crippen LogP contribution in [0.25, 0.3) is 83.2 Å². The molecule has 3 aromatic heterocycles. The second kappa shape index (κ2) is 17.1. The zero-order valence-corrected chi connectivity index (χ0v) is 37.7. The molecule has 0 bridgehead atoms. The van der Waals surface area contributed by atoms with Gasteiger partial charge in [0.15, 0.2) is 0 Å². The number of para-hydroxylation sites is 2. The molecular formula is C53H43F2IrN3OSi-2. The van der Waals surface area contributed by atoms with Crippen LogP contribution >= 0.6 is 0 Å². The number of pyridine rings is 1. The molecule has 10 aromatic rings. The van der Waals surface area contributed by atoms with Crippen LogP contribution in [0.2, 0.25) is 19.6 Å². The standard InChI is InChI=1S/C35H19F2N2O.C18H24NSi.Ir/c36-27-10-6-11-28(37)34(27)22-15-17-25-26-19-23(16-18-32(26)40-33(25)20-22)35-38-29-12-3-4-13-31(29)39(35)30-14-5-8-21-7-1-2-9-24(21)30;1-14(2)11-16-12-17(15-9-7-6-8-10-15)19-13-18(16)20(3,4)5;/h1-15,17-20H;6-9,12-14H,11H2,1-5H3;/q2*-1;/i;11D2;. The molecule has 7 aromatic carbocycles. The molecule has 8 heteroatoms. The van der Waals surface area contributed by atoms with E-state index in [4.69, 9.17) is 12.1 Å². The van der Waals surface area contributed by atoms with Gasteiger partial charge < -0.3 is 14.0 Å². The van der Waals surface area contributed by atoms with E-state index in [-0.39, 0.29) is 31.6 Å². The number of hydrogen-bond donors (Lipinski definition) is 0. The molecule has 0 spiro atoms. The van der Waals surface area contributed by atoms with Crippen molar-refractivity contribution in [1.29, 1.82) is 0 Å². The summed E-state index contributed by atoms with van der Waals surface area (Å²) in [4.78, 5) is 9.61. The van der Waals surface area contributed by atoms with Crippen molar-refractivity contribution in [2.75, 3.05) is 0 Å². The van der Waals surface area contributed by atoms with Crippen molar-refractivity contribution >= 4 is 57.0 Å². The summed E-state index contributed by atoms with van der Waals surface area (Å²) in [5.74, 6) is -0.548. The predicted molar refractivity (Wildman–Crippen MR) is 246 cm³/mol. The van der Waals surface area contributed by atoms with Crippen LogP contribution in [0.3, 0.4) is 0 Å². The van der Waals surface area contributed by atoms with E-state index in [0.29, 0.717) is 16.7 Å². The minimum atomic E-state index is -1.67. The number of halogens is 2. The molecule has 0 saturated heterocycles. The van der Waals surface area contributed by atoms with Gasteiger partial charge >= 0.3 is 0 Å². The Labute approximate surface area is 372 Å². The van der Waals surface area contributed by atoms with E-state index in [9.17, 15) is 8.78 Å². The Bertz CT molecular complexity index is 3260. The van der Waals surface area contributed by atoms with Crippen molar-refractivity contribution in [3.8, 4) is 39.5 Å². The second-order valence-electron chi connectivity index (χ2n) is 16.2. The Hall–Kier alpha value is -6.05. The summed E-state index contributed by atoms with van der Waals surface area (Å²) in [7, 11) is -1.67. The number of aromatic nitrogens is 3. The summed E-state index contributed by atoms with van der Waals surface area (Å²) < 4.78 is 54.3. The van der Waals surface area contributed by atoms with Crippen LogP contribution in [0.15, 0.2) is 156 Å². The van der Waals surface area contributed by atoms with E-state index in [1.807, 2.05) is 92.8 Å². The first kappa shape index (κ1) is 39.1. The molecule has 305 valence electrons. The molecular weight excluding hydrogens is 953 g/mol.